The van der Waals surface area contributed by atoms with Crippen molar-refractivity contribution < 1.29 is 9.84 Å². The Morgan fingerprint density at radius 2 is 1.47 bits per heavy atom. The predicted octanol–water partition coefficient (Wildman–Crippen LogP) is 4.24. The van der Waals surface area contributed by atoms with Crippen LogP contribution < -0.4 is 0 Å². The van der Waals surface area contributed by atoms with Crippen molar-refractivity contribution in [2.75, 3.05) is 6.61 Å². The molecule has 2 rings (SSSR count). The van der Waals surface area contributed by atoms with Crippen molar-refractivity contribution in [2.24, 2.45) is 0 Å². The first-order chi connectivity index (χ1) is 9.42. The van der Waals surface area contributed by atoms with E-state index in [1.54, 1.807) is 0 Å². The van der Waals surface area contributed by atoms with Gasteiger partial charge in [0.2, 0.25) is 0 Å². The lowest BCUT2D eigenvalue weighted by Crippen LogP contribution is -1.90. The van der Waals surface area contributed by atoms with Crippen molar-refractivity contribution in [2.45, 2.75) is 63.6 Å². The summed E-state index contributed by atoms with van der Waals surface area (Å²) in [6, 6.07) is 10.5. The number of unbranched alkanes of at least 4 members (excludes halogenated alkanes) is 6. The maximum atomic E-state index is 8.68. The van der Waals surface area contributed by atoms with E-state index < -0.39 is 0 Å². The Bertz CT molecular complexity index is 336. The van der Waals surface area contributed by atoms with Crippen LogP contribution in [0, 0.1) is 0 Å². The molecule has 19 heavy (non-hydrogen) atoms. The number of ether oxygens (including phenoxy) is 1. The van der Waals surface area contributed by atoms with Gasteiger partial charge in [0.15, 0.2) is 0 Å². The highest BCUT2D eigenvalue weighted by atomic mass is 16.6. The van der Waals surface area contributed by atoms with E-state index in [1.807, 2.05) is 0 Å². The summed E-state index contributed by atoms with van der Waals surface area (Å²) in [5.74, 6) is 0. The number of aliphatic hydroxyl groups excluding tert-OH is 1. The molecule has 1 saturated heterocycles. The van der Waals surface area contributed by atoms with Crippen molar-refractivity contribution >= 4 is 0 Å². The van der Waals surface area contributed by atoms with Gasteiger partial charge >= 0.3 is 0 Å². The van der Waals surface area contributed by atoms with Crippen LogP contribution in [0.2, 0.25) is 0 Å². The summed E-state index contributed by atoms with van der Waals surface area (Å²) in [6.45, 7) is 0.347. The van der Waals surface area contributed by atoms with Crippen LogP contribution in [-0.2, 0) is 4.74 Å². The van der Waals surface area contributed by atoms with E-state index in [1.165, 1.54) is 50.5 Å². The topological polar surface area (TPSA) is 32.8 Å². The summed E-state index contributed by atoms with van der Waals surface area (Å²) >= 11 is 0. The van der Waals surface area contributed by atoms with Gasteiger partial charge in [0.05, 0.1) is 6.10 Å². The Hall–Kier alpha value is -0.860. The molecule has 2 nitrogen and oxygen atoms in total. The summed E-state index contributed by atoms with van der Waals surface area (Å²) in [5, 5.41) is 8.68. The molecule has 1 aliphatic heterocycles. The minimum Gasteiger partial charge on any atom is -0.396 e. The average molecular weight is 262 g/mol. The Labute approximate surface area is 116 Å². The third-order valence-electron chi connectivity index (χ3n) is 3.86. The van der Waals surface area contributed by atoms with Crippen molar-refractivity contribution in [1.82, 2.24) is 0 Å². The molecular formula is C17H26O2. The maximum absolute atomic E-state index is 8.68. The Morgan fingerprint density at radius 1 is 0.842 bits per heavy atom. The van der Waals surface area contributed by atoms with E-state index >= 15 is 0 Å². The molecule has 106 valence electrons. The summed E-state index contributed by atoms with van der Waals surface area (Å²) in [4.78, 5) is 0. The van der Waals surface area contributed by atoms with E-state index in [0.717, 1.165) is 6.42 Å². The summed E-state index contributed by atoms with van der Waals surface area (Å²) in [6.07, 6.45) is 10.7. The van der Waals surface area contributed by atoms with Gasteiger partial charge in [-0.05, 0) is 18.4 Å². The summed E-state index contributed by atoms with van der Waals surface area (Å²) in [7, 11) is 0. The second kappa shape index (κ2) is 8.34. The van der Waals surface area contributed by atoms with Crippen molar-refractivity contribution in [3.63, 3.8) is 0 Å². The zero-order valence-electron chi connectivity index (χ0n) is 11.8. The first kappa shape index (κ1) is 14.5. The highest BCUT2D eigenvalue weighted by molar-refractivity contribution is 5.22. The summed E-state index contributed by atoms with van der Waals surface area (Å²) < 4.78 is 5.73. The fourth-order valence-corrected chi connectivity index (χ4v) is 2.64. The standard InChI is InChI=1S/C17H26O2/c18-14-10-5-3-1-2-4-9-13-16-17(19-16)15-11-7-6-8-12-15/h6-8,11-12,16-18H,1-5,9-10,13-14H2/t16-,17-/m1/s1. The van der Waals surface area contributed by atoms with Crippen LogP contribution in [0.4, 0.5) is 0 Å². The van der Waals surface area contributed by atoms with Gasteiger partial charge in [-0.15, -0.1) is 0 Å². The normalized spacial score (nSPS) is 21.5. The van der Waals surface area contributed by atoms with Gasteiger partial charge in [-0.25, -0.2) is 0 Å². The number of aliphatic hydroxyl groups is 1. The Balaban J connectivity index is 1.45. The fourth-order valence-electron chi connectivity index (χ4n) is 2.64. The van der Waals surface area contributed by atoms with Crippen LogP contribution in [0.3, 0.4) is 0 Å². The second-order valence-electron chi connectivity index (χ2n) is 5.49. The maximum Gasteiger partial charge on any atom is 0.109 e. The second-order valence-corrected chi connectivity index (χ2v) is 5.49. The van der Waals surface area contributed by atoms with E-state index in [4.69, 9.17) is 9.84 Å². The molecule has 0 radical (unpaired) electrons. The number of hydrogen-bond donors (Lipinski definition) is 1. The molecule has 2 heteroatoms. The van der Waals surface area contributed by atoms with E-state index in [-0.39, 0.29) is 0 Å². The first-order valence-corrected chi connectivity index (χ1v) is 7.73. The molecule has 0 aliphatic carbocycles. The zero-order chi connectivity index (χ0) is 13.3. The van der Waals surface area contributed by atoms with Gasteiger partial charge in [-0.2, -0.15) is 0 Å². The number of benzene rings is 1. The minimum atomic E-state index is 0.347. The molecular weight excluding hydrogens is 236 g/mol. The minimum absolute atomic E-state index is 0.347. The molecule has 0 saturated carbocycles. The lowest BCUT2D eigenvalue weighted by molar-refractivity contribution is 0.282. The van der Waals surface area contributed by atoms with Gasteiger partial charge in [-0.1, -0.05) is 68.9 Å². The SMILES string of the molecule is OCCCCCCCCC[C@H]1O[C@@H]1c1ccccc1. The lowest BCUT2D eigenvalue weighted by Gasteiger charge is -2.00. The predicted molar refractivity (Wildman–Crippen MR) is 78.1 cm³/mol. The number of hydrogen-bond acceptors (Lipinski definition) is 2. The van der Waals surface area contributed by atoms with Gasteiger partial charge in [0, 0.05) is 6.61 Å². The van der Waals surface area contributed by atoms with Crippen molar-refractivity contribution in [1.29, 1.82) is 0 Å². The van der Waals surface area contributed by atoms with Gasteiger partial charge in [-0.3, -0.25) is 0 Å². The van der Waals surface area contributed by atoms with Crippen LogP contribution >= 0.6 is 0 Å². The van der Waals surface area contributed by atoms with Crippen LogP contribution in [0.5, 0.6) is 0 Å². The van der Waals surface area contributed by atoms with Crippen molar-refractivity contribution in [3.8, 4) is 0 Å². The molecule has 1 N–H and O–H groups in total. The molecule has 0 aromatic heterocycles. The molecule has 1 heterocycles. The number of epoxide rings is 1. The molecule has 0 unspecified atom stereocenters. The molecule has 1 fully saturated rings. The van der Waals surface area contributed by atoms with E-state index in [0.29, 0.717) is 18.8 Å². The Morgan fingerprint density at radius 3 is 2.16 bits per heavy atom. The Kier molecular flexibility index (Phi) is 6.38. The molecule has 0 spiro atoms. The molecule has 1 aromatic rings. The van der Waals surface area contributed by atoms with E-state index in [9.17, 15) is 0 Å². The molecule has 1 aliphatic rings. The zero-order valence-corrected chi connectivity index (χ0v) is 11.8. The first-order valence-electron chi connectivity index (χ1n) is 7.73. The van der Waals surface area contributed by atoms with Crippen LogP contribution in [0.1, 0.15) is 63.0 Å². The van der Waals surface area contributed by atoms with Gasteiger partial charge < -0.3 is 9.84 Å². The highest BCUT2D eigenvalue weighted by Crippen LogP contribution is 2.41. The van der Waals surface area contributed by atoms with E-state index in [2.05, 4.69) is 30.3 Å². The van der Waals surface area contributed by atoms with Gasteiger partial charge in [0.1, 0.15) is 6.10 Å². The largest absolute Gasteiger partial charge is 0.396 e. The quantitative estimate of drug-likeness (QED) is 0.505. The fraction of sp³-hybridized carbons (Fsp3) is 0.647. The summed E-state index contributed by atoms with van der Waals surface area (Å²) in [5.41, 5.74) is 1.33. The number of rotatable bonds is 10. The smallest absolute Gasteiger partial charge is 0.109 e. The molecule has 0 bridgehead atoms. The van der Waals surface area contributed by atoms with Crippen LogP contribution in [0.25, 0.3) is 0 Å². The highest BCUT2D eigenvalue weighted by Gasteiger charge is 2.38. The molecule has 0 amide bonds. The average Bonchev–Trinajstić information content (AvgIpc) is 3.22. The van der Waals surface area contributed by atoms with Crippen LogP contribution in [0.15, 0.2) is 30.3 Å². The van der Waals surface area contributed by atoms with Gasteiger partial charge in [0.25, 0.3) is 0 Å². The third kappa shape index (κ3) is 5.33. The van der Waals surface area contributed by atoms with Crippen molar-refractivity contribution in [3.05, 3.63) is 35.9 Å². The monoisotopic (exact) mass is 262 g/mol. The third-order valence-corrected chi connectivity index (χ3v) is 3.86. The molecule has 2 atom stereocenters. The molecule has 1 aromatic carbocycles. The lowest BCUT2D eigenvalue weighted by atomic mass is 10.0. The van der Waals surface area contributed by atoms with Crippen LogP contribution in [-0.4, -0.2) is 17.8 Å².